The average Bonchev–Trinajstić information content (AvgIpc) is 2.07. The summed E-state index contributed by atoms with van der Waals surface area (Å²) in [5.74, 6) is 0.594. The molecule has 0 aromatic heterocycles. The van der Waals surface area contributed by atoms with E-state index in [9.17, 15) is 0 Å². The highest BCUT2D eigenvalue weighted by atomic mass is 79.9. The molecule has 0 heterocycles. The standard InChI is InChI=1S/C10H13BrN2/c1-3-8-6-9(11)4-5-10(8)13-7(2)12/h4-6H,3H2,1-2H3,(H2,12,13). The van der Waals surface area contributed by atoms with Gasteiger partial charge >= 0.3 is 0 Å². The summed E-state index contributed by atoms with van der Waals surface area (Å²) in [7, 11) is 0. The molecule has 1 aromatic carbocycles. The smallest absolute Gasteiger partial charge is 0.0965 e. The van der Waals surface area contributed by atoms with Gasteiger partial charge in [-0.2, -0.15) is 0 Å². The Morgan fingerprint density at radius 2 is 2.23 bits per heavy atom. The lowest BCUT2D eigenvalue weighted by atomic mass is 10.1. The minimum atomic E-state index is 0.594. The number of rotatable bonds is 2. The first kappa shape index (κ1) is 10.3. The number of halogens is 1. The number of hydrogen-bond acceptors (Lipinski definition) is 1. The monoisotopic (exact) mass is 240 g/mol. The van der Waals surface area contributed by atoms with Gasteiger partial charge in [0, 0.05) is 4.47 Å². The van der Waals surface area contributed by atoms with Gasteiger partial charge in [-0.05, 0) is 37.1 Å². The van der Waals surface area contributed by atoms with Gasteiger partial charge in [-0.15, -0.1) is 0 Å². The molecule has 2 N–H and O–H groups in total. The maximum Gasteiger partial charge on any atom is 0.0965 e. The van der Waals surface area contributed by atoms with Crippen molar-refractivity contribution in [3.63, 3.8) is 0 Å². The van der Waals surface area contributed by atoms with Crippen molar-refractivity contribution in [3.8, 4) is 0 Å². The SMILES string of the molecule is CCc1cc(Br)ccc1N=C(C)N. The molecule has 0 unspecified atom stereocenters. The van der Waals surface area contributed by atoms with E-state index < -0.39 is 0 Å². The number of nitrogens with two attached hydrogens (primary N) is 1. The summed E-state index contributed by atoms with van der Waals surface area (Å²) in [5.41, 5.74) is 7.70. The van der Waals surface area contributed by atoms with Crippen molar-refractivity contribution < 1.29 is 0 Å². The lowest BCUT2D eigenvalue weighted by molar-refractivity contribution is 1.13. The normalized spacial score (nSPS) is 11.8. The number of aryl methyl sites for hydroxylation is 1. The highest BCUT2D eigenvalue weighted by Gasteiger charge is 1.99. The van der Waals surface area contributed by atoms with Crippen molar-refractivity contribution >= 4 is 27.5 Å². The highest BCUT2D eigenvalue weighted by molar-refractivity contribution is 9.10. The summed E-state index contributed by atoms with van der Waals surface area (Å²) in [6, 6.07) is 6.02. The zero-order valence-electron chi connectivity index (χ0n) is 7.84. The molecule has 0 saturated heterocycles. The minimum absolute atomic E-state index is 0.594. The molecule has 1 aromatic rings. The van der Waals surface area contributed by atoms with Crippen LogP contribution >= 0.6 is 15.9 Å². The van der Waals surface area contributed by atoms with E-state index >= 15 is 0 Å². The van der Waals surface area contributed by atoms with Crippen LogP contribution in [0.4, 0.5) is 5.69 Å². The average molecular weight is 241 g/mol. The summed E-state index contributed by atoms with van der Waals surface area (Å²) < 4.78 is 1.08. The number of hydrogen-bond donors (Lipinski definition) is 1. The topological polar surface area (TPSA) is 38.4 Å². The first-order valence-electron chi connectivity index (χ1n) is 4.22. The maximum atomic E-state index is 5.52. The molecule has 70 valence electrons. The van der Waals surface area contributed by atoms with E-state index in [1.807, 2.05) is 12.1 Å². The lowest BCUT2D eigenvalue weighted by Gasteiger charge is -2.03. The molecular weight excluding hydrogens is 228 g/mol. The Kier molecular flexibility index (Phi) is 3.48. The van der Waals surface area contributed by atoms with Gasteiger partial charge in [-0.3, -0.25) is 0 Å². The van der Waals surface area contributed by atoms with Crippen molar-refractivity contribution in [1.82, 2.24) is 0 Å². The minimum Gasteiger partial charge on any atom is -0.387 e. The van der Waals surface area contributed by atoms with Crippen LogP contribution in [0, 0.1) is 0 Å². The first-order chi connectivity index (χ1) is 6.13. The third kappa shape index (κ3) is 2.84. The molecule has 0 aliphatic heterocycles. The fraction of sp³-hybridized carbons (Fsp3) is 0.300. The van der Waals surface area contributed by atoms with E-state index in [0.29, 0.717) is 5.84 Å². The first-order valence-corrected chi connectivity index (χ1v) is 5.02. The Hall–Kier alpha value is -0.830. The summed E-state index contributed by atoms with van der Waals surface area (Å²) in [4.78, 5) is 4.24. The van der Waals surface area contributed by atoms with E-state index in [1.165, 1.54) is 5.56 Å². The zero-order chi connectivity index (χ0) is 9.84. The van der Waals surface area contributed by atoms with E-state index in [1.54, 1.807) is 6.92 Å². The Balaban J connectivity index is 3.14. The van der Waals surface area contributed by atoms with Gasteiger partial charge in [-0.1, -0.05) is 22.9 Å². The Labute approximate surface area is 87.0 Å². The molecule has 0 radical (unpaired) electrons. The number of benzene rings is 1. The Morgan fingerprint density at radius 1 is 1.54 bits per heavy atom. The van der Waals surface area contributed by atoms with Gasteiger partial charge in [-0.25, -0.2) is 4.99 Å². The van der Waals surface area contributed by atoms with Crippen LogP contribution in [-0.4, -0.2) is 5.84 Å². The number of nitrogens with zero attached hydrogens (tertiary/aromatic N) is 1. The van der Waals surface area contributed by atoms with Crippen molar-refractivity contribution in [2.24, 2.45) is 10.7 Å². The molecule has 0 aliphatic rings. The molecule has 0 saturated carbocycles. The van der Waals surface area contributed by atoms with Gasteiger partial charge < -0.3 is 5.73 Å². The van der Waals surface area contributed by atoms with Crippen LogP contribution in [0.25, 0.3) is 0 Å². The molecule has 0 atom stereocenters. The second-order valence-electron chi connectivity index (χ2n) is 2.88. The molecule has 0 fully saturated rings. The Bertz CT molecular complexity index is 328. The van der Waals surface area contributed by atoms with Crippen LogP contribution in [0.2, 0.25) is 0 Å². The molecule has 13 heavy (non-hydrogen) atoms. The van der Waals surface area contributed by atoms with E-state index in [-0.39, 0.29) is 0 Å². The molecule has 0 amide bonds. The van der Waals surface area contributed by atoms with Crippen LogP contribution in [-0.2, 0) is 6.42 Å². The van der Waals surface area contributed by atoms with Crippen molar-refractivity contribution in [3.05, 3.63) is 28.2 Å². The van der Waals surface area contributed by atoms with Crippen LogP contribution in [0.1, 0.15) is 19.4 Å². The molecule has 3 heteroatoms. The lowest BCUT2D eigenvalue weighted by Crippen LogP contribution is -2.04. The van der Waals surface area contributed by atoms with Gasteiger partial charge in [0.25, 0.3) is 0 Å². The van der Waals surface area contributed by atoms with E-state index in [2.05, 4.69) is 33.9 Å². The summed E-state index contributed by atoms with van der Waals surface area (Å²) >= 11 is 3.42. The number of aliphatic imine (C=N–C) groups is 1. The fourth-order valence-corrected chi connectivity index (χ4v) is 1.54. The molecule has 1 rings (SSSR count). The van der Waals surface area contributed by atoms with Gasteiger partial charge in [0.15, 0.2) is 0 Å². The van der Waals surface area contributed by atoms with Crippen molar-refractivity contribution in [2.45, 2.75) is 20.3 Å². The second kappa shape index (κ2) is 4.42. The van der Waals surface area contributed by atoms with Crippen LogP contribution in [0.15, 0.2) is 27.7 Å². The van der Waals surface area contributed by atoms with Crippen LogP contribution < -0.4 is 5.73 Å². The second-order valence-corrected chi connectivity index (χ2v) is 3.80. The molecule has 0 aliphatic carbocycles. The van der Waals surface area contributed by atoms with Crippen molar-refractivity contribution in [1.29, 1.82) is 0 Å². The predicted octanol–water partition coefficient (Wildman–Crippen LogP) is 3.02. The zero-order valence-corrected chi connectivity index (χ0v) is 9.43. The molecule has 0 bridgehead atoms. The van der Waals surface area contributed by atoms with Gasteiger partial charge in [0.2, 0.25) is 0 Å². The molecular formula is C10H13BrN2. The summed E-state index contributed by atoms with van der Waals surface area (Å²) in [5, 5.41) is 0. The molecule has 0 spiro atoms. The number of amidine groups is 1. The fourth-order valence-electron chi connectivity index (χ4n) is 1.14. The third-order valence-corrected chi connectivity index (χ3v) is 2.21. The summed E-state index contributed by atoms with van der Waals surface area (Å²) in [6.45, 7) is 3.90. The summed E-state index contributed by atoms with van der Waals surface area (Å²) in [6.07, 6.45) is 0.964. The maximum absolute atomic E-state index is 5.52. The van der Waals surface area contributed by atoms with Gasteiger partial charge in [0.05, 0.1) is 11.5 Å². The van der Waals surface area contributed by atoms with Crippen LogP contribution in [0.5, 0.6) is 0 Å². The quantitative estimate of drug-likeness (QED) is 0.627. The van der Waals surface area contributed by atoms with E-state index in [0.717, 1.165) is 16.6 Å². The third-order valence-electron chi connectivity index (χ3n) is 1.72. The van der Waals surface area contributed by atoms with Crippen LogP contribution in [0.3, 0.4) is 0 Å². The largest absolute Gasteiger partial charge is 0.387 e. The van der Waals surface area contributed by atoms with Crippen molar-refractivity contribution in [2.75, 3.05) is 0 Å². The molecule has 2 nitrogen and oxygen atoms in total. The van der Waals surface area contributed by atoms with Gasteiger partial charge in [0.1, 0.15) is 0 Å². The predicted molar refractivity (Wildman–Crippen MR) is 60.5 cm³/mol. The highest BCUT2D eigenvalue weighted by Crippen LogP contribution is 2.23. The Morgan fingerprint density at radius 3 is 2.77 bits per heavy atom. The van der Waals surface area contributed by atoms with E-state index in [4.69, 9.17) is 5.73 Å².